The molecule has 1 saturated heterocycles. The fraction of sp³-hybridized carbons (Fsp3) is 0.526. The van der Waals surface area contributed by atoms with E-state index in [4.69, 9.17) is 4.74 Å². The minimum atomic E-state index is -0.360. The summed E-state index contributed by atoms with van der Waals surface area (Å²) in [5.74, 6) is -0.751. The summed E-state index contributed by atoms with van der Waals surface area (Å²) in [6.45, 7) is 4.72. The number of piperidine rings is 1. The van der Waals surface area contributed by atoms with Crippen LogP contribution in [0.15, 0.2) is 30.3 Å². The smallest absolute Gasteiger partial charge is 0.410 e. The molecule has 0 spiro atoms. The van der Waals surface area contributed by atoms with Crippen LogP contribution in [0.4, 0.5) is 4.79 Å². The largest absolute Gasteiger partial charge is 0.445 e. The maximum absolute atomic E-state index is 12.4. The van der Waals surface area contributed by atoms with Crippen LogP contribution in [0, 0.1) is 11.8 Å². The van der Waals surface area contributed by atoms with Crippen LogP contribution < -0.4 is 0 Å². The predicted molar refractivity (Wildman–Crippen MR) is 93.5 cm³/mol. The maximum atomic E-state index is 12.4. The third-order valence-electron chi connectivity index (χ3n) is 4.46. The van der Waals surface area contributed by atoms with Crippen LogP contribution in [0.2, 0.25) is 0 Å². The first-order valence-electron chi connectivity index (χ1n) is 8.67. The van der Waals surface area contributed by atoms with E-state index in [1.54, 1.807) is 18.7 Å². The van der Waals surface area contributed by atoms with E-state index in [9.17, 15) is 14.4 Å². The van der Waals surface area contributed by atoms with Crippen LogP contribution >= 0.6 is 0 Å². The summed E-state index contributed by atoms with van der Waals surface area (Å²) in [4.78, 5) is 39.3. The Morgan fingerprint density at radius 1 is 1.16 bits per heavy atom. The fourth-order valence-electron chi connectivity index (χ4n) is 2.89. The molecule has 1 aliphatic rings. The summed E-state index contributed by atoms with van der Waals surface area (Å²) in [6, 6.07) is 9.51. The van der Waals surface area contributed by atoms with E-state index in [-0.39, 0.29) is 36.4 Å². The first-order valence-corrected chi connectivity index (χ1v) is 8.67. The van der Waals surface area contributed by atoms with E-state index < -0.39 is 0 Å². The average molecular weight is 346 g/mol. The molecule has 1 fully saturated rings. The lowest BCUT2D eigenvalue weighted by atomic mass is 9.95. The molecular weight excluding hydrogens is 320 g/mol. The lowest BCUT2D eigenvalue weighted by Crippen LogP contribution is -2.45. The Morgan fingerprint density at radius 2 is 1.76 bits per heavy atom. The highest BCUT2D eigenvalue weighted by atomic mass is 16.6. The summed E-state index contributed by atoms with van der Waals surface area (Å²) in [7, 11) is 1.53. The highest BCUT2D eigenvalue weighted by Gasteiger charge is 2.32. The van der Waals surface area contributed by atoms with Crippen molar-refractivity contribution in [3.63, 3.8) is 0 Å². The van der Waals surface area contributed by atoms with Crippen molar-refractivity contribution in [2.45, 2.75) is 33.3 Å². The SMILES string of the molecule is CC(C)C(=O)N(C)C(=O)C1CCN(C(=O)OCc2ccccc2)CC1. The van der Waals surface area contributed by atoms with Gasteiger partial charge in [-0.25, -0.2) is 4.79 Å². The predicted octanol–water partition coefficient (Wildman–Crippen LogP) is 2.68. The number of benzene rings is 1. The molecule has 0 atom stereocenters. The Hall–Kier alpha value is -2.37. The standard InChI is InChI=1S/C19H26N2O4/c1-14(2)17(22)20(3)18(23)16-9-11-21(12-10-16)19(24)25-13-15-7-5-4-6-8-15/h4-8,14,16H,9-13H2,1-3H3. The lowest BCUT2D eigenvalue weighted by Gasteiger charge is -2.32. The van der Waals surface area contributed by atoms with Gasteiger partial charge >= 0.3 is 6.09 Å². The number of carbonyl (C=O) groups excluding carboxylic acids is 3. The van der Waals surface area contributed by atoms with Gasteiger partial charge in [-0.2, -0.15) is 0 Å². The number of amides is 3. The number of rotatable bonds is 4. The number of nitrogens with zero attached hydrogens (tertiary/aromatic N) is 2. The van der Waals surface area contributed by atoms with Crippen molar-refractivity contribution in [2.75, 3.05) is 20.1 Å². The normalized spacial score (nSPS) is 15.1. The molecule has 6 nitrogen and oxygen atoms in total. The highest BCUT2D eigenvalue weighted by Crippen LogP contribution is 2.21. The average Bonchev–Trinajstić information content (AvgIpc) is 2.65. The number of ether oxygens (including phenoxy) is 1. The van der Waals surface area contributed by atoms with Crippen LogP contribution in [0.5, 0.6) is 0 Å². The zero-order valence-electron chi connectivity index (χ0n) is 15.1. The molecule has 0 unspecified atom stereocenters. The first kappa shape index (κ1) is 19.0. The van der Waals surface area contributed by atoms with E-state index in [1.807, 2.05) is 30.3 Å². The Morgan fingerprint density at radius 3 is 2.32 bits per heavy atom. The molecule has 25 heavy (non-hydrogen) atoms. The van der Waals surface area contributed by atoms with E-state index >= 15 is 0 Å². The summed E-state index contributed by atoms with van der Waals surface area (Å²) in [5.41, 5.74) is 0.940. The molecule has 0 saturated carbocycles. The molecule has 1 aromatic rings. The Labute approximate surface area is 148 Å². The molecule has 6 heteroatoms. The molecule has 2 rings (SSSR count). The summed E-state index contributed by atoms with van der Waals surface area (Å²) < 4.78 is 5.32. The molecule has 1 aromatic carbocycles. The Bertz CT molecular complexity index is 607. The molecule has 0 bridgehead atoms. The van der Waals surface area contributed by atoms with Gasteiger partial charge in [0.2, 0.25) is 11.8 Å². The van der Waals surface area contributed by atoms with E-state index in [0.717, 1.165) is 5.56 Å². The molecule has 0 aliphatic carbocycles. The Kier molecular flexibility index (Phi) is 6.56. The molecule has 0 radical (unpaired) electrons. The van der Waals surface area contributed by atoms with Crippen LogP contribution in [0.25, 0.3) is 0 Å². The third kappa shape index (κ3) is 5.05. The van der Waals surface area contributed by atoms with Crippen LogP contribution in [0.3, 0.4) is 0 Å². The number of imide groups is 1. The third-order valence-corrected chi connectivity index (χ3v) is 4.46. The van der Waals surface area contributed by atoms with Crippen molar-refractivity contribution < 1.29 is 19.1 Å². The molecule has 136 valence electrons. The lowest BCUT2D eigenvalue weighted by molar-refractivity contribution is -0.148. The second kappa shape index (κ2) is 8.65. The van der Waals surface area contributed by atoms with Gasteiger partial charge in [0.1, 0.15) is 6.61 Å². The van der Waals surface area contributed by atoms with Gasteiger partial charge in [-0.1, -0.05) is 44.2 Å². The number of hydrogen-bond donors (Lipinski definition) is 0. The zero-order chi connectivity index (χ0) is 18.4. The second-order valence-electron chi connectivity index (χ2n) is 6.69. The topological polar surface area (TPSA) is 66.9 Å². The van der Waals surface area contributed by atoms with Crippen LogP contribution in [-0.2, 0) is 20.9 Å². The molecular formula is C19H26N2O4. The fourth-order valence-corrected chi connectivity index (χ4v) is 2.89. The minimum Gasteiger partial charge on any atom is -0.445 e. The molecule has 3 amide bonds. The second-order valence-corrected chi connectivity index (χ2v) is 6.69. The summed E-state index contributed by atoms with van der Waals surface area (Å²) in [6.07, 6.45) is 0.741. The van der Waals surface area contributed by atoms with E-state index in [0.29, 0.717) is 25.9 Å². The van der Waals surface area contributed by atoms with Gasteiger partial charge in [-0.15, -0.1) is 0 Å². The quantitative estimate of drug-likeness (QED) is 0.841. The monoisotopic (exact) mass is 346 g/mol. The van der Waals surface area contributed by atoms with Crippen molar-refractivity contribution in [3.05, 3.63) is 35.9 Å². The van der Waals surface area contributed by atoms with Gasteiger partial charge in [-0.05, 0) is 18.4 Å². The van der Waals surface area contributed by atoms with Crippen molar-refractivity contribution in [2.24, 2.45) is 11.8 Å². The number of hydrogen-bond acceptors (Lipinski definition) is 4. The van der Waals surface area contributed by atoms with E-state index in [1.165, 1.54) is 11.9 Å². The number of likely N-dealkylation sites (tertiary alicyclic amines) is 1. The molecule has 0 aromatic heterocycles. The van der Waals surface area contributed by atoms with Gasteiger partial charge in [-0.3, -0.25) is 14.5 Å². The van der Waals surface area contributed by atoms with Crippen molar-refractivity contribution in [3.8, 4) is 0 Å². The maximum Gasteiger partial charge on any atom is 0.410 e. The minimum absolute atomic E-state index is 0.156. The molecule has 1 aliphatic heterocycles. The molecule has 0 N–H and O–H groups in total. The first-order chi connectivity index (χ1) is 11.9. The van der Waals surface area contributed by atoms with Crippen molar-refractivity contribution >= 4 is 17.9 Å². The van der Waals surface area contributed by atoms with Crippen LogP contribution in [0.1, 0.15) is 32.3 Å². The Balaban J connectivity index is 1.79. The zero-order valence-corrected chi connectivity index (χ0v) is 15.1. The van der Waals surface area contributed by atoms with Gasteiger partial charge in [0.05, 0.1) is 0 Å². The summed E-state index contributed by atoms with van der Waals surface area (Å²) >= 11 is 0. The van der Waals surface area contributed by atoms with Crippen molar-refractivity contribution in [1.82, 2.24) is 9.80 Å². The van der Waals surface area contributed by atoms with Gasteiger partial charge in [0.15, 0.2) is 0 Å². The van der Waals surface area contributed by atoms with Gasteiger partial charge < -0.3 is 9.64 Å². The molecule has 1 heterocycles. The summed E-state index contributed by atoms with van der Waals surface area (Å²) in [5, 5.41) is 0. The van der Waals surface area contributed by atoms with Crippen LogP contribution in [-0.4, -0.2) is 47.8 Å². The van der Waals surface area contributed by atoms with Crippen molar-refractivity contribution in [1.29, 1.82) is 0 Å². The highest BCUT2D eigenvalue weighted by molar-refractivity contribution is 5.96. The van der Waals surface area contributed by atoms with Gasteiger partial charge in [0, 0.05) is 32.0 Å². The van der Waals surface area contributed by atoms with Gasteiger partial charge in [0.25, 0.3) is 0 Å². The number of carbonyl (C=O) groups is 3. The van der Waals surface area contributed by atoms with E-state index in [2.05, 4.69) is 0 Å².